The van der Waals surface area contributed by atoms with Crippen molar-refractivity contribution in [1.29, 1.82) is 0 Å². The van der Waals surface area contributed by atoms with Crippen LogP contribution in [0.3, 0.4) is 0 Å². The van der Waals surface area contributed by atoms with Crippen molar-refractivity contribution in [3.8, 4) is 5.75 Å². The molecule has 1 atom stereocenters. The first-order valence-electron chi connectivity index (χ1n) is 7.17. The van der Waals surface area contributed by atoms with Gasteiger partial charge >= 0.3 is 0 Å². The molecule has 0 aliphatic heterocycles. The average Bonchev–Trinajstić information content (AvgIpc) is 3.04. The lowest BCUT2D eigenvalue weighted by molar-refractivity contribution is -0.116. The van der Waals surface area contributed by atoms with Gasteiger partial charge in [0.2, 0.25) is 0 Å². The van der Waals surface area contributed by atoms with Gasteiger partial charge < -0.3 is 4.74 Å². The van der Waals surface area contributed by atoms with Crippen LogP contribution in [-0.4, -0.2) is 12.9 Å². The summed E-state index contributed by atoms with van der Waals surface area (Å²) in [4.78, 5) is 13.6. The van der Waals surface area contributed by atoms with E-state index < -0.39 is 0 Å². The monoisotopic (exact) mass is 298 g/mol. The summed E-state index contributed by atoms with van der Waals surface area (Å²) in [6.45, 7) is 0. The standard InChI is InChI=1S/C18H18O2S/c1-20-16-5-2-4-13(11-16)10-15-12-14(7-8-17(15)19)18-6-3-9-21-18/h2-6,9-11,14H,7-8,12H2,1H3/b15-10-. The number of rotatable bonds is 3. The van der Waals surface area contributed by atoms with Gasteiger partial charge in [-0.05, 0) is 59.6 Å². The lowest BCUT2D eigenvalue weighted by Crippen LogP contribution is -2.15. The number of hydrogen-bond acceptors (Lipinski definition) is 3. The summed E-state index contributed by atoms with van der Waals surface area (Å²) >= 11 is 1.79. The number of carbonyl (C=O) groups is 1. The van der Waals surface area contributed by atoms with Crippen molar-refractivity contribution < 1.29 is 9.53 Å². The third kappa shape index (κ3) is 3.24. The maximum Gasteiger partial charge on any atom is 0.158 e. The third-order valence-electron chi connectivity index (χ3n) is 3.92. The van der Waals surface area contributed by atoms with Crippen molar-refractivity contribution in [2.75, 3.05) is 7.11 Å². The normalized spacial score (nSPS) is 20.7. The molecule has 1 saturated carbocycles. The predicted octanol–water partition coefficient (Wildman–Crippen LogP) is 4.68. The van der Waals surface area contributed by atoms with Gasteiger partial charge in [-0.1, -0.05) is 18.2 Å². The van der Waals surface area contributed by atoms with Gasteiger partial charge in [0.1, 0.15) is 5.75 Å². The van der Waals surface area contributed by atoms with Crippen LogP contribution in [0.2, 0.25) is 0 Å². The number of hydrogen-bond donors (Lipinski definition) is 0. The number of methoxy groups -OCH3 is 1. The van der Waals surface area contributed by atoms with Gasteiger partial charge in [-0.25, -0.2) is 0 Å². The highest BCUT2D eigenvalue weighted by molar-refractivity contribution is 7.10. The SMILES string of the molecule is COc1cccc(/C=C2/CC(c3cccs3)CCC2=O)c1. The van der Waals surface area contributed by atoms with E-state index in [9.17, 15) is 4.79 Å². The molecule has 2 aromatic rings. The molecule has 108 valence electrons. The van der Waals surface area contributed by atoms with Crippen LogP contribution in [0.25, 0.3) is 6.08 Å². The lowest BCUT2D eigenvalue weighted by atomic mass is 9.83. The summed E-state index contributed by atoms with van der Waals surface area (Å²) in [5, 5.41) is 2.11. The number of allylic oxidation sites excluding steroid dienone is 1. The highest BCUT2D eigenvalue weighted by atomic mass is 32.1. The molecule has 1 aliphatic rings. The van der Waals surface area contributed by atoms with Crippen LogP contribution in [0.5, 0.6) is 5.75 Å². The average molecular weight is 298 g/mol. The molecule has 1 aliphatic carbocycles. The number of ether oxygens (including phenoxy) is 1. The van der Waals surface area contributed by atoms with Crippen molar-refractivity contribution in [1.82, 2.24) is 0 Å². The molecule has 0 radical (unpaired) electrons. The highest BCUT2D eigenvalue weighted by Gasteiger charge is 2.25. The Kier molecular flexibility index (Phi) is 4.20. The molecule has 1 unspecified atom stereocenters. The van der Waals surface area contributed by atoms with E-state index in [0.29, 0.717) is 12.3 Å². The van der Waals surface area contributed by atoms with E-state index in [1.807, 2.05) is 30.3 Å². The maximum absolute atomic E-state index is 12.2. The van der Waals surface area contributed by atoms with Crippen LogP contribution in [0.1, 0.15) is 35.6 Å². The van der Waals surface area contributed by atoms with Crippen LogP contribution >= 0.6 is 11.3 Å². The van der Waals surface area contributed by atoms with Gasteiger partial charge in [0.15, 0.2) is 5.78 Å². The molecule has 1 aromatic heterocycles. The number of Topliss-reactive ketones (excluding diaryl/α,β-unsaturated/α-hetero) is 1. The van der Waals surface area contributed by atoms with Crippen LogP contribution in [0.4, 0.5) is 0 Å². The largest absolute Gasteiger partial charge is 0.497 e. The topological polar surface area (TPSA) is 26.3 Å². The Balaban J connectivity index is 1.84. The zero-order valence-electron chi connectivity index (χ0n) is 12.0. The fourth-order valence-corrected chi connectivity index (χ4v) is 3.65. The van der Waals surface area contributed by atoms with E-state index in [1.54, 1.807) is 18.4 Å². The summed E-state index contributed by atoms with van der Waals surface area (Å²) in [5.41, 5.74) is 1.97. The number of thiophene rings is 1. The summed E-state index contributed by atoms with van der Waals surface area (Å²) < 4.78 is 5.24. The van der Waals surface area contributed by atoms with Gasteiger partial charge in [-0.15, -0.1) is 11.3 Å². The van der Waals surface area contributed by atoms with E-state index in [2.05, 4.69) is 17.5 Å². The molecule has 3 heteroatoms. The first-order chi connectivity index (χ1) is 10.3. The van der Waals surface area contributed by atoms with Gasteiger partial charge in [0.25, 0.3) is 0 Å². The van der Waals surface area contributed by atoms with E-state index in [4.69, 9.17) is 4.74 Å². The molecule has 2 nitrogen and oxygen atoms in total. The molecule has 1 heterocycles. The van der Waals surface area contributed by atoms with Crippen LogP contribution in [-0.2, 0) is 4.79 Å². The van der Waals surface area contributed by atoms with E-state index in [1.165, 1.54) is 4.88 Å². The highest BCUT2D eigenvalue weighted by Crippen LogP contribution is 2.37. The smallest absolute Gasteiger partial charge is 0.158 e. The zero-order valence-corrected chi connectivity index (χ0v) is 12.9. The predicted molar refractivity (Wildman–Crippen MR) is 86.9 cm³/mol. The summed E-state index contributed by atoms with van der Waals surface area (Å²) in [5.74, 6) is 1.59. The number of benzene rings is 1. The molecule has 0 N–H and O–H groups in total. The molecule has 0 spiro atoms. The van der Waals surface area contributed by atoms with E-state index in [0.717, 1.165) is 29.7 Å². The molecule has 0 saturated heterocycles. The Bertz CT molecular complexity index is 656. The molecular weight excluding hydrogens is 280 g/mol. The van der Waals surface area contributed by atoms with Crippen molar-refractivity contribution in [3.05, 3.63) is 57.8 Å². The third-order valence-corrected chi connectivity index (χ3v) is 4.96. The van der Waals surface area contributed by atoms with Crippen molar-refractivity contribution in [2.24, 2.45) is 0 Å². The van der Waals surface area contributed by atoms with Crippen molar-refractivity contribution >= 4 is 23.2 Å². The van der Waals surface area contributed by atoms with Gasteiger partial charge in [0, 0.05) is 11.3 Å². The Morgan fingerprint density at radius 3 is 2.95 bits per heavy atom. The quantitative estimate of drug-likeness (QED) is 0.769. The minimum Gasteiger partial charge on any atom is -0.497 e. The Hall–Kier alpha value is -1.87. The fourth-order valence-electron chi connectivity index (χ4n) is 2.79. The molecule has 1 aromatic carbocycles. The van der Waals surface area contributed by atoms with Gasteiger partial charge in [0.05, 0.1) is 7.11 Å². The molecule has 21 heavy (non-hydrogen) atoms. The lowest BCUT2D eigenvalue weighted by Gasteiger charge is -2.22. The molecule has 1 fully saturated rings. The van der Waals surface area contributed by atoms with Gasteiger partial charge in [-0.3, -0.25) is 4.79 Å². The first kappa shape index (κ1) is 14.1. The summed E-state index contributed by atoms with van der Waals surface area (Å²) in [6.07, 6.45) is 4.48. The molecule has 0 bridgehead atoms. The fraction of sp³-hybridized carbons (Fsp3) is 0.278. The maximum atomic E-state index is 12.2. The summed E-state index contributed by atoms with van der Waals surface area (Å²) in [7, 11) is 1.66. The van der Waals surface area contributed by atoms with Gasteiger partial charge in [-0.2, -0.15) is 0 Å². The molecular formula is C18H18O2S. The second-order valence-corrected chi connectivity index (χ2v) is 6.30. The zero-order chi connectivity index (χ0) is 14.7. The van der Waals surface area contributed by atoms with Crippen LogP contribution < -0.4 is 4.74 Å². The number of carbonyl (C=O) groups excluding carboxylic acids is 1. The second kappa shape index (κ2) is 6.27. The van der Waals surface area contributed by atoms with Crippen LogP contribution in [0, 0.1) is 0 Å². The minimum atomic E-state index is 0.283. The molecule has 0 amide bonds. The Labute approximate surface area is 129 Å². The van der Waals surface area contributed by atoms with E-state index >= 15 is 0 Å². The van der Waals surface area contributed by atoms with Crippen LogP contribution in [0.15, 0.2) is 47.4 Å². The van der Waals surface area contributed by atoms with Crippen molar-refractivity contribution in [3.63, 3.8) is 0 Å². The van der Waals surface area contributed by atoms with E-state index in [-0.39, 0.29) is 5.78 Å². The minimum absolute atomic E-state index is 0.283. The van der Waals surface area contributed by atoms with Crippen molar-refractivity contribution in [2.45, 2.75) is 25.2 Å². The second-order valence-electron chi connectivity index (χ2n) is 5.32. The molecule has 3 rings (SSSR count). The number of ketones is 1. The summed E-state index contributed by atoms with van der Waals surface area (Å²) in [6, 6.07) is 12.1. The Morgan fingerprint density at radius 1 is 1.29 bits per heavy atom. The Morgan fingerprint density at radius 2 is 2.19 bits per heavy atom. The first-order valence-corrected chi connectivity index (χ1v) is 8.05.